The van der Waals surface area contributed by atoms with Gasteiger partial charge < -0.3 is 15.4 Å². The van der Waals surface area contributed by atoms with Gasteiger partial charge in [-0.3, -0.25) is 4.79 Å². The highest BCUT2D eigenvalue weighted by Crippen LogP contribution is 2.37. The van der Waals surface area contributed by atoms with E-state index in [1.54, 1.807) is 6.07 Å². The highest BCUT2D eigenvalue weighted by atomic mass is 35.5. The van der Waals surface area contributed by atoms with E-state index in [0.29, 0.717) is 22.5 Å². The number of hydrogen-bond donors (Lipinski definition) is 2. The number of hydrogen-bond acceptors (Lipinski definition) is 3. The Kier molecular flexibility index (Phi) is 3.74. The monoisotopic (exact) mass is 294 g/mol. The summed E-state index contributed by atoms with van der Waals surface area (Å²) < 4.78 is 5.42. The van der Waals surface area contributed by atoms with E-state index in [4.69, 9.17) is 16.3 Å². The number of carbonyl (C=O) groups excluding carboxylic acids is 1. The molecule has 1 amide bonds. The van der Waals surface area contributed by atoms with Crippen molar-refractivity contribution in [1.82, 2.24) is 0 Å². The van der Waals surface area contributed by atoms with Crippen LogP contribution in [0.15, 0.2) is 12.1 Å². The molecule has 1 aliphatic carbocycles. The molecule has 4 nitrogen and oxygen atoms in total. The minimum absolute atomic E-state index is 0.0612. The number of amides is 1. The van der Waals surface area contributed by atoms with Gasteiger partial charge in [-0.05, 0) is 25.3 Å². The van der Waals surface area contributed by atoms with Gasteiger partial charge in [-0.25, -0.2) is 0 Å². The first-order chi connectivity index (χ1) is 9.61. The third-order valence-electron chi connectivity index (χ3n) is 4.02. The van der Waals surface area contributed by atoms with Crippen molar-refractivity contribution in [3.63, 3.8) is 0 Å². The van der Waals surface area contributed by atoms with E-state index in [2.05, 4.69) is 17.6 Å². The van der Waals surface area contributed by atoms with E-state index in [9.17, 15) is 4.79 Å². The van der Waals surface area contributed by atoms with Crippen LogP contribution >= 0.6 is 11.6 Å². The van der Waals surface area contributed by atoms with Crippen LogP contribution < -0.4 is 15.4 Å². The standard InChI is InChI=1S/C15H19ClN2O2/c1-9(5-10-3-2-4-10)17-12-7-14-13(6-11(12)16)18-15(19)8-20-14/h6-7,9-10,17H,2-5,8H2,1H3,(H,18,19). The van der Waals surface area contributed by atoms with Crippen LogP contribution in [0.2, 0.25) is 5.02 Å². The number of rotatable bonds is 4. The van der Waals surface area contributed by atoms with E-state index in [-0.39, 0.29) is 12.5 Å². The summed E-state index contributed by atoms with van der Waals surface area (Å²) in [6.45, 7) is 2.24. The molecule has 1 fully saturated rings. The van der Waals surface area contributed by atoms with Gasteiger partial charge in [-0.1, -0.05) is 30.9 Å². The maximum atomic E-state index is 11.3. The van der Waals surface area contributed by atoms with Crippen molar-refractivity contribution < 1.29 is 9.53 Å². The second kappa shape index (κ2) is 5.52. The Morgan fingerprint density at radius 3 is 3.00 bits per heavy atom. The SMILES string of the molecule is CC(CC1CCC1)Nc1cc2c(cc1Cl)NC(=O)CO2. The molecule has 2 aliphatic rings. The maximum Gasteiger partial charge on any atom is 0.262 e. The van der Waals surface area contributed by atoms with Crippen LogP contribution in [0, 0.1) is 5.92 Å². The zero-order valence-electron chi connectivity index (χ0n) is 11.5. The number of nitrogens with one attached hydrogen (secondary N) is 2. The average Bonchev–Trinajstić information content (AvgIpc) is 2.35. The van der Waals surface area contributed by atoms with Gasteiger partial charge in [0.05, 0.1) is 16.4 Å². The molecule has 1 atom stereocenters. The maximum absolute atomic E-state index is 11.3. The van der Waals surface area contributed by atoms with E-state index >= 15 is 0 Å². The first kappa shape index (κ1) is 13.6. The summed E-state index contributed by atoms with van der Waals surface area (Å²) in [6.07, 6.45) is 5.23. The van der Waals surface area contributed by atoms with Crippen LogP contribution in [0.3, 0.4) is 0 Å². The summed E-state index contributed by atoms with van der Waals surface area (Å²) in [5.41, 5.74) is 1.51. The zero-order valence-corrected chi connectivity index (χ0v) is 12.3. The Morgan fingerprint density at radius 2 is 2.30 bits per heavy atom. The van der Waals surface area contributed by atoms with Crippen molar-refractivity contribution in [2.24, 2.45) is 5.92 Å². The zero-order chi connectivity index (χ0) is 14.1. The number of fused-ring (bicyclic) bond motifs is 1. The molecule has 1 aliphatic heterocycles. The number of ether oxygens (including phenoxy) is 1. The number of anilines is 2. The Labute approximate surface area is 123 Å². The quantitative estimate of drug-likeness (QED) is 0.891. The van der Waals surface area contributed by atoms with Crippen LogP contribution in [-0.4, -0.2) is 18.6 Å². The molecule has 0 aromatic heterocycles. The lowest BCUT2D eigenvalue weighted by Crippen LogP contribution is -2.26. The molecule has 108 valence electrons. The van der Waals surface area contributed by atoms with Gasteiger partial charge in [0, 0.05) is 12.1 Å². The topological polar surface area (TPSA) is 50.4 Å². The van der Waals surface area contributed by atoms with Crippen LogP contribution in [0.25, 0.3) is 0 Å². The lowest BCUT2D eigenvalue weighted by molar-refractivity contribution is -0.118. The largest absolute Gasteiger partial charge is 0.482 e. The van der Waals surface area contributed by atoms with Crippen molar-refractivity contribution >= 4 is 28.9 Å². The molecule has 3 rings (SSSR count). The Hall–Kier alpha value is -1.42. The number of benzene rings is 1. The second-order valence-electron chi connectivity index (χ2n) is 5.74. The first-order valence-electron chi connectivity index (χ1n) is 7.14. The van der Waals surface area contributed by atoms with Gasteiger partial charge in [-0.2, -0.15) is 0 Å². The Balaban J connectivity index is 1.71. The molecule has 1 aromatic rings. The van der Waals surface area contributed by atoms with Gasteiger partial charge in [0.15, 0.2) is 6.61 Å². The van der Waals surface area contributed by atoms with E-state index < -0.39 is 0 Å². The summed E-state index contributed by atoms with van der Waals surface area (Å²) in [4.78, 5) is 11.3. The minimum Gasteiger partial charge on any atom is -0.482 e. The lowest BCUT2D eigenvalue weighted by atomic mass is 9.81. The lowest BCUT2D eigenvalue weighted by Gasteiger charge is -2.29. The predicted octanol–water partition coefficient (Wildman–Crippen LogP) is 3.66. The highest BCUT2D eigenvalue weighted by molar-refractivity contribution is 6.33. The molecule has 1 unspecified atom stereocenters. The molecule has 20 heavy (non-hydrogen) atoms. The molecule has 0 radical (unpaired) electrons. The minimum atomic E-state index is -0.146. The van der Waals surface area contributed by atoms with Crippen LogP contribution in [-0.2, 0) is 4.79 Å². The van der Waals surface area contributed by atoms with Crippen molar-refractivity contribution in [2.45, 2.75) is 38.6 Å². The summed E-state index contributed by atoms with van der Waals surface area (Å²) in [5.74, 6) is 1.38. The third kappa shape index (κ3) is 2.85. The van der Waals surface area contributed by atoms with Gasteiger partial charge in [-0.15, -0.1) is 0 Å². The predicted molar refractivity (Wildman–Crippen MR) is 80.6 cm³/mol. The van der Waals surface area contributed by atoms with Gasteiger partial charge in [0.25, 0.3) is 5.91 Å². The molecule has 1 saturated carbocycles. The van der Waals surface area contributed by atoms with Crippen molar-refractivity contribution in [3.05, 3.63) is 17.2 Å². The number of halogens is 1. The summed E-state index contributed by atoms with van der Waals surface area (Å²) in [5, 5.41) is 6.81. The summed E-state index contributed by atoms with van der Waals surface area (Å²) in [7, 11) is 0. The molecule has 1 heterocycles. The first-order valence-corrected chi connectivity index (χ1v) is 7.52. The molecule has 0 bridgehead atoms. The fourth-order valence-electron chi connectivity index (χ4n) is 2.76. The van der Waals surface area contributed by atoms with Crippen molar-refractivity contribution in [3.8, 4) is 5.75 Å². The molecule has 0 spiro atoms. The van der Waals surface area contributed by atoms with Crippen LogP contribution in [0.4, 0.5) is 11.4 Å². The third-order valence-corrected chi connectivity index (χ3v) is 4.33. The fraction of sp³-hybridized carbons (Fsp3) is 0.533. The van der Waals surface area contributed by atoms with Gasteiger partial charge in [0.2, 0.25) is 0 Å². The smallest absolute Gasteiger partial charge is 0.262 e. The normalized spacial score (nSPS) is 19.4. The van der Waals surface area contributed by atoms with E-state index in [0.717, 1.165) is 11.6 Å². The van der Waals surface area contributed by atoms with E-state index in [1.807, 2.05) is 6.07 Å². The summed E-state index contributed by atoms with van der Waals surface area (Å²) >= 11 is 6.27. The second-order valence-corrected chi connectivity index (χ2v) is 6.15. The number of carbonyl (C=O) groups is 1. The van der Waals surface area contributed by atoms with Gasteiger partial charge >= 0.3 is 0 Å². The van der Waals surface area contributed by atoms with Crippen molar-refractivity contribution in [2.75, 3.05) is 17.2 Å². The summed E-state index contributed by atoms with van der Waals surface area (Å²) in [6, 6.07) is 4.00. The highest BCUT2D eigenvalue weighted by Gasteiger charge is 2.22. The fourth-order valence-corrected chi connectivity index (χ4v) is 2.98. The van der Waals surface area contributed by atoms with Crippen LogP contribution in [0.1, 0.15) is 32.6 Å². The Morgan fingerprint density at radius 1 is 1.50 bits per heavy atom. The van der Waals surface area contributed by atoms with Crippen LogP contribution in [0.5, 0.6) is 5.75 Å². The molecular formula is C15H19ClN2O2. The molecule has 1 aromatic carbocycles. The Bertz CT molecular complexity index is 529. The molecule has 2 N–H and O–H groups in total. The van der Waals surface area contributed by atoms with Gasteiger partial charge in [0.1, 0.15) is 5.75 Å². The molecule has 0 saturated heterocycles. The van der Waals surface area contributed by atoms with E-state index in [1.165, 1.54) is 25.7 Å². The molecule has 5 heteroatoms. The average molecular weight is 295 g/mol. The van der Waals surface area contributed by atoms with Crippen molar-refractivity contribution in [1.29, 1.82) is 0 Å². The molecular weight excluding hydrogens is 276 g/mol.